The lowest BCUT2D eigenvalue weighted by Crippen LogP contribution is -1.94. The SMILES string of the molecule is C=C(c1cc2cc(OC)ccc2[nH]1)c1ccncc1CC. The van der Waals surface area contributed by atoms with Gasteiger partial charge in [0.2, 0.25) is 0 Å². The Balaban J connectivity index is 2.05. The minimum absolute atomic E-state index is 0.858. The largest absolute Gasteiger partial charge is 0.497 e. The van der Waals surface area contributed by atoms with Crippen molar-refractivity contribution in [3.05, 3.63) is 66.1 Å². The molecule has 3 heteroatoms. The van der Waals surface area contributed by atoms with Gasteiger partial charge in [-0.05, 0) is 53.5 Å². The second-order valence-electron chi connectivity index (χ2n) is 5.00. The van der Waals surface area contributed by atoms with Crippen LogP contribution < -0.4 is 4.74 Å². The van der Waals surface area contributed by atoms with Gasteiger partial charge in [-0.15, -0.1) is 0 Å². The zero-order valence-corrected chi connectivity index (χ0v) is 12.3. The van der Waals surface area contributed by atoms with Gasteiger partial charge >= 0.3 is 0 Å². The van der Waals surface area contributed by atoms with Crippen LogP contribution in [-0.4, -0.2) is 17.1 Å². The lowest BCUT2D eigenvalue weighted by atomic mass is 9.99. The number of aryl methyl sites for hydroxylation is 1. The number of nitrogens with one attached hydrogen (secondary N) is 1. The predicted octanol–water partition coefficient (Wildman–Crippen LogP) is 4.20. The van der Waals surface area contributed by atoms with Gasteiger partial charge in [-0.3, -0.25) is 4.98 Å². The van der Waals surface area contributed by atoms with Crippen molar-refractivity contribution in [1.82, 2.24) is 9.97 Å². The number of methoxy groups -OCH3 is 1. The third-order valence-electron chi connectivity index (χ3n) is 3.76. The summed E-state index contributed by atoms with van der Waals surface area (Å²) in [7, 11) is 1.68. The number of fused-ring (bicyclic) bond motifs is 1. The summed E-state index contributed by atoms with van der Waals surface area (Å²) in [5.74, 6) is 0.858. The fourth-order valence-corrected chi connectivity index (χ4v) is 2.55. The maximum Gasteiger partial charge on any atom is 0.119 e. The molecule has 2 heterocycles. The molecule has 3 nitrogen and oxygen atoms in total. The summed E-state index contributed by atoms with van der Waals surface area (Å²) in [4.78, 5) is 7.61. The Morgan fingerprint density at radius 1 is 1.29 bits per heavy atom. The minimum atomic E-state index is 0.858. The van der Waals surface area contributed by atoms with Crippen LogP contribution in [0.3, 0.4) is 0 Å². The number of H-pyrrole nitrogens is 1. The second-order valence-corrected chi connectivity index (χ2v) is 5.00. The van der Waals surface area contributed by atoms with E-state index in [2.05, 4.69) is 29.5 Å². The number of ether oxygens (including phenoxy) is 1. The molecule has 0 aliphatic rings. The fraction of sp³-hybridized carbons (Fsp3) is 0.167. The summed E-state index contributed by atoms with van der Waals surface area (Å²) in [5, 5.41) is 1.12. The van der Waals surface area contributed by atoms with Crippen molar-refractivity contribution in [2.24, 2.45) is 0 Å². The molecule has 1 N–H and O–H groups in total. The molecule has 2 aromatic heterocycles. The monoisotopic (exact) mass is 278 g/mol. The van der Waals surface area contributed by atoms with Crippen LogP contribution in [0.15, 0.2) is 49.3 Å². The maximum absolute atomic E-state index is 5.27. The normalized spacial score (nSPS) is 10.8. The molecule has 21 heavy (non-hydrogen) atoms. The summed E-state index contributed by atoms with van der Waals surface area (Å²) in [5.41, 5.74) is 5.45. The van der Waals surface area contributed by atoms with Gasteiger partial charge in [0.25, 0.3) is 0 Å². The molecule has 0 bridgehead atoms. The molecule has 0 radical (unpaired) electrons. The molecule has 0 saturated carbocycles. The number of nitrogens with zero attached hydrogens (tertiary/aromatic N) is 1. The topological polar surface area (TPSA) is 37.9 Å². The molecule has 0 aliphatic heterocycles. The number of hydrogen-bond acceptors (Lipinski definition) is 2. The van der Waals surface area contributed by atoms with E-state index in [4.69, 9.17) is 4.74 Å². The van der Waals surface area contributed by atoms with Crippen molar-refractivity contribution < 1.29 is 4.74 Å². The first-order valence-corrected chi connectivity index (χ1v) is 7.02. The predicted molar refractivity (Wildman–Crippen MR) is 86.6 cm³/mol. The Hall–Kier alpha value is -2.55. The van der Waals surface area contributed by atoms with Crippen LogP contribution in [0.2, 0.25) is 0 Å². The highest BCUT2D eigenvalue weighted by molar-refractivity contribution is 5.89. The van der Waals surface area contributed by atoms with Crippen LogP contribution in [0, 0.1) is 0 Å². The molecule has 3 rings (SSSR count). The summed E-state index contributed by atoms with van der Waals surface area (Å²) >= 11 is 0. The van der Waals surface area contributed by atoms with Gasteiger partial charge in [-0.25, -0.2) is 0 Å². The van der Waals surface area contributed by atoms with E-state index in [1.54, 1.807) is 7.11 Å². The molecule has 0 atom stereocenters. The van der Waals surface area contributed by atoms with Gasteiger partial charge in [-0.1, -0.05) is 13.5 Å². The smallest absolute Gasteiger partial charge is 0.119 e. The van der Waals surface area contributed by atoms with E-state index in [1.165, 1.54) is 5.56 Å². The molecule has 0 aliphatic carbocycles. The number of hydrogen-bond donors (Lipinski definition) is 1. The van der Waals surface area contributed by atoms with Crippen LogP contribution in [0.4, 0.5) is 0 Å². The van der Waals surface area contributed by atoms with E-state index in [0.717, 1.165) is 39.9 Å². The first kappa shape index (κ1) is 13.4. The van der Waals surface area contributed by atoms with Gasteiger partial charge < -0.3 is 9.72 Å². The minimum Gasteiger partial charge on any atom is -0.497 e. The fourth-order valence-electron chi connectivity index (χ4n) is 2.55. The van der Waals surface area contributed by atoms with Crippen LogP contribution in [-0.2, 0) is 6.42 Å². The van der Waals surface area contributed by atoms with E-state index >= 15 is 0 Å². The third kappa shape index (κ3) is 2.42. The van der Waals surface area contributed by atoms with Crippen LogP contribution >= 0.6 is 0 Å². The molecule has 0 saturated heterocycles. The molecule has 0 amide bonds. The van der Waals surface area contributed by atoms with E-state index in [9.17, 15) is 0 Å². The van der Waals surface area contributed by atoms with E-state index < -0.39 is 0 Å². The zero-order valence-electron chi connectivity index (χ0n) is 12.3. The van der Waals surface area contributed by atoms with Crippen molar-refractivity contribution in [3.8, 4) is 5.75 Å². The number of pyridine rings is 1. The van der Waals surface area contributed by atoms with Crippen LogP contribution in [0.25, 0.3) is 16.5 Å². The second kappa shape index (κ2) is 5.44. The average molecular weight is 278 g/mol. The number of benzene rings is 1. The Kier molecular flexibility index (Phi) is 3.48. The van der Waals surface area contributed by atoms with Crippen molar-refractivity contribution in [2.45, 2.75) is 13.3 Å². The van der Waals surface area contributed by atoms with Crippen LogP contribution in [0.5, 0.6) is 5.75 Å². The first-order valence-electron chi connectivity index (χ1n) is 7.02. The van der Waals surface area contributed by atoms with Gasteiger partial charge in [0.05, 0.1) is 7.11 Å². The highest BCUT2D eigenvalue weighted by Crippen LogP contribution is 2.28. The van der Waals surface area contributed by atoms with E-state index in [-0.39, 0.29) is 0 Å². The summed E-state index contributed by atoms with van der Waals surface area (Å²) < 4.78 is 5.27. The maximum atomic E-state index is 5.27. The number of rotatable bonds is 4. The Labute approximate surface area is 124 Å². The van der Waals surface area contributed by atoms with Crippen molar-refractivity contribution in [2.75, 3.05) is 7.11 Å². The highest BCUT2D eigenvalue weighted by atomic mass is 16.5. The molecular weight excluding hydrogens is 260 g/mol. The molecular formula is C18H18N2O. The van der Waals surface area contributed by atoms with Crippen LogP contribution in [0.1, 0.15) is 23.7 Å². The Morgan fingerprint density at radius 3 is 2.90 bits per heavy atom. The number of aromatic amines is 1. The van der Waals surface area contributed by atoms with Gasteiger partial charge in [-0.2, -0.15) is 0 Å². The van der Waals surface area contributed by atoms with Gasteiger partial charge in [0, 0.05) is 29.0 Å². The first-order chi connectivity index (χ1) is 10.2. The Bertz CT molecular complexity index is 802. The molecule has 0 spiro atoms. The summed E-state index contributed by atoms with van der Waals surface area (Å²) in [6, 6.07) is 10.1. The Morgan fingerprint density at radius 2 is 2.14 bits per heavy atom. The van der Waals surface area contributed by atoms with Crippen molar-refractivity contribution in [1.29, 1.82) is 0 Å². The molecule has 106 valence electrons. The molecule has 0 fully saturated rings. The lowest BCUT2D eigenvalue weighted by molar-refractivity contribution is 0.415. The van der Waals surface area contributed by atoms with Gasteiger partial charge in [0.1, 0.15) is 5.75 Å². The molecule has 1 aromatic carbocycles. The standard InChI is InChI=1S/C18H18N2O/c1-4-13-11-19-8-7-16(13)12(2)18-10-14-9-15(21-3)5-6-17(14)20-18/h5-11,20H,2,4H2,1,3H3. The zero-order chi connectivity index (χ0) is 14.8. The third-order valence-corrected chi connectivity index (χ3v) is 3.76. The quantitative estimate of drug-likeness (QED) is 0.777. The summed E-state index contributed by atoms with van der Waals surface area (Å²) in [6.07, 6.45) is 4.66. The summed E-state index contributed by atoms with van der Waals surface area (Å²) in [6.45, 7) is 6.38. The lowest BCUT2D eigenvalue weighted by Gasteiger charge is -2.08. The average Bonchev–Trinajstić information content (AvgIpc) is 2.96. The van der Waals surface area contributed by atoms with E-state index in [1.807, 2.05) is 36.7 Å². The highest BCUT2D eigenvalue weighted by Gasteiger charge is 2.10. The van der Waals surface area contributed by atoms with E-state index in [0.29, 0.717) is 0 Å². The molecule has 3 aromatic rings. The number of aromatic nitrogens is 2. The van der Waals surface area contributed by atoms with Crippen molar-refractivity contribution in [3.63, 3.8) is 0 Å². The van der Waals surface area contributed by atoms with Crippen molar-refractivity contribution >= 4 is 16.5 Å². The molecule has 0 unspecified atom stereocenters. The van der Waals surface area contributed by atoms with Gasteiger partial charge in [0.15, 0.2) is 0 Å².